The maximum atomic E-state index is 12.2. The number of amides is 2. The third-order valence-corrected chi connectivity index (χ3v) is 3.57. The van der Waals surface area contributed by atoms with Gasteiger partial charge in [-0.2, -0.15) is 0 Å². The standard InChI is InChI=1S/C19H17NO5/c1-12(2)24-14-7-5-6-13(10-14)11-17(21)25-20-18(22)15-8-3-4-9-16(15)19(20)23/h3-10,12H,11H2,1-2H3. The molecule has 0 fully saturated rings. The van der Waals surface area contributed by atoms with E-state index in [0.717, 1.165) is 0 Å². The Hall–Kier alpha value is -3.15. The van der Waals surface area contributed by atoms with Crippen molar-refractivity contribution in [1.29, 1.82) is 0 Å². The highest BCUT2D eigenvalue weighted by atomic mass is 16.7. The third-order valence-electron chi connectivity index (χ3n) is 3.57. The first-order chi connectivity index (χ1) is 12.0. The summed E-state index contributed by atoms with van der Waals surface area (Å²) in [6.07, 6.45) is -0.0663. The second-order valence-corrected chi connectivity index (χ2v) is 5.90. The van der Waals surface area contributed by atoms with Gasteiger partial charge in [0.25, 0.3) is 11.8 Å². The summed E-state index contributed by atoms with van der Waals surface area (Å²) in [5, 5.41) is 0.515. The van der Waals surface area contributed by atoms with E-state index < -0.39 is 17.8 Å². The zero-order valence-electron chi connectivity index (χ0n) is 13.9. The molecule has 1 aliphatic rings. The molecular weight excluding hydrogens is 322 g/mol. The number of benzene rings is 2. The lowest BCUT2D eigenvalue weighted by Gasteiger charge is -2.13. The minimum absolute atomic E-state index is 0.0144. The third kappa shape index (κ3) is 3.52. The maximum absolute atomic E-state index is 12.2. The highest BCUT2D eigenvalue weighted by Crippen LogP contribution is 2.23. The number of fused-ring (bicyclic) bond motifs is 1. The fraction of sp³-hybridized carbons (Fsp3) is 0.211. The van der Waals surface area contributed by atoms with Crippen molar-refractivity contribution in [3.63, 3.8) is 0 Å². The van der Waals surface area contributed by atoms with Gasteiger partial charge in [-0.25, -0.2) is 4.79 Å². The molecule has 3 rings (SSSR count). The van der Waals surface area contributed by atoms with E-state index in [-0.39, 0.29) is 23.7 Å². The van der Waals surface area contributed by atoms with Crippen LogP contribution < -0.4 is 4.74 Å². The van der Waals surface area contributed by atoms with Crippen LogP contribution in [0.25, 0.3) is 0 Å². The SMILES string of the molecule is CC(C)Oc1cccc(CC(=O)ON2C(=O)c3ccccc3C2=O)c1. The largest absolute Gasteiger partial charge is 0.491 e. The fourth-order valence-electron chi connectivity index (χ4n) is 2.55. The van der Waals surface area contributed by atoms with Gasteiger partial charge in [-0.05, 0) is 43.7 Å². The summed E-state index contributed by atoms with van der Waals surface area (Å²) >= 11 is 0. The lowest BCUT2D eigenvalue weighted by molar-refractivity contribution is -0.167. The van der Waals surface area contributed by atoms with E-state index in [9.17, 15) is 14.4 Å². The molecule has 0 unspecified atom stereocenters. The van der Waals surface area contributed by atoms with Crippen molar-refractivity contribution in [2.45, 2.75) is 26.4 Å². The zero-order chi connectivity index (χ0) is 18.0. The lowest BCUT2D eigenvalue weighted by Crippen LogP contribution is -2.33. The van der Waals surface area contributed by atoms with E-state index in [1.807, 2.05) is 13.8 Å². The number of imide groups is 1. The number of nitrogens with zero attached hydrogens (tertiary/aromatic N) is 1. The van der Waals surface area contributed by atoms with Crippen LogP contribution in [-0.2, 0) is 16.1 Å². The zero-order valence-corrected chi connectivity index (χ0v) is 13.9. The Kier molecular flexibility index (Phi) is 4.52. The summed E-state index contributed by atoms with van der Waals surface area (Å²) < 4.78 is 5.58. The average molecular weight is 339 g/mol. The molecule has 128 valence electrons. The van der Waals surface area contributed by atoms with Gasteiger partial charge in [0, 0.05) is 0 Å². The quantitative estimate of drug-likeness (QED) is 0.783. The van der Waals surface area contributed by atoms with Gasteiger partial charge >= 0.3 is 5.97 Å². The average Bonchev–Trinajstić information content (AvgIpc) is 2.80. The van der Waals surface area contributed by atoms with E-state index in [0.29, 0.717) is 16.4 Å². The number of rotatable bonds is 5. The normalized spacial score (nSPS) is 13.2. The summed E-state index contributed by atoms with van der Waals surface area (Å²) in [5.74, 6) is -1.33. The summed E-state index contributed by atoms with van der Waals surface area (Å²) in [5.41, 5.74) is 1.13. The van der Waals surface area contributed by atoms with E-state index >= 15 is 0 Å². The van der Waals surface area contributed by atoms with E-state index in [4.69, 9.17) is 9.57 Å². The first kappa shape index (κ1) is 16.7. The second-order valence-electron chi connectivity index (χ2n) is 5.90. The topological polar surface area (TPSA) is 72.9 Å². The van der Waals surface area contributed by atoms with E-state index in [1.54, 1.807) is 36.4 Å². The van der Waals surface area contributed by atoms with Crippen molar-refractivity contribution in [2.24, 2.45) is 0 Å². The molecule has 1 heterocycles. The second kappa shape index (κ2) is 6.76. The molecule has 0 aromatic heterocycles. The molecule has 0 atom stereocenters. The molecule has 6 nitrogen and oxygen atoms in total. The molecule has 25 heavy (non-hydrogen) atoms. The molecule has 0 aliphatic carbocycles. The number of hydrogen-bond acceptors (Lipinski definition) is 5. The highest BCUT2D eigenvalue weighted by molar-refractivity contribution is 6.20. The van der Waals surface area contributed by atoms with Crippen molar-refractivity contribution in [3.05, 3.63) is 65.2 Å². The Morgan fingerprint density at radius 3 is 2.24 bits per heavy atom. The number of carbonyl (C=O) groups excluding carboxylic acids is 3. The summed E-state index contributed by atoms with van der Waals surface area (Å²) in [7, 11) is 0. The Morgan fingerprint density at radius 2 is 1.64 bits per heavy atom. The van der Waals surface area contributed by atoms with Crippen LogP contribution in [-0.4, -0.2) is 29.0 Å². The number of hydrogen-bond donors (Lipinski definition) is 0. The molecule has 6 heteroatoms. The molecule has 2 amide bonds. The molecule has 0 spiro atoms. The lowest BCUT2D eigenvalue weighted by atomic mass is 10.1. The number of carbonyl (C=O) groups is 3. The van der Waals surface area contributed by atoms with Crippen LogP contribution >= 0.6 is 0 Å². The molecule has 2 aromatic rings. The van der Waals surface area contributed by atoms with Crippen LogP contribution in [0.5, 0.6) is 5.75 Å². The van der Waals surface area contributed by atoms with Crippen LogP contribution in [0.15, 0.2) is 48.5 Å². The highest BCUT2D eigenvalue weighted by Gasteiger charge is 2.38. The molecule has 0 bridgehead atoms. The van der Waals surface area contributed by atoms with Crippen LogP contribution in [0.2, 0.25) is 0 Å². The first-order valence-electron chi connectivity index (χ1n) is 7.90. The minimum Gasteiger partial charge on any atom is -0.491 e. The van der Waals surface area contributed by atoms with Gasteiger partial charge in [0.15, 0.2) is 0 Å². The predicted molar refractivity (Wildman–Crippen MR) is 88.9 cm³/mol. The van der Waals surface area contributed by atoms with Gasteiger partial charge in [0.2, 0.25) is 0 Å². The van der Waals surface area contributed by atoms with Crippen molar-refractivity contribution in [2.75, 3.05) is 0 Å². The molecule has 0 radical (unpaired) electrons. The fourth-order valence-corrected chi connectivity index (χ4v) is 2.55. The van der Waals surface area contributed by atoms with Gasteiger partial charge in [0.1, 0.15) is 5.75 Å². The van der Waals surface area contributed by atoms with Crippen molar-refractivity contribution in [3.8, 4) is 5.75 Å². The van der Waals surface area contributed by atoms with Crippen LogP contribution in [0.1, 0.15) is 40.1 Å². The Bertz CT molecular complexity index is 808. The first-order valence-corrected chi connectivity index (χ1v) is 7.90. The molecule has 1 aliphatic heterocycles. The number of hydroxylamine groups is 2. The molecular formula is C19H17NO5. The van der Waals surface area contributed by atoms with Gasteiger partial charge < -0.3 is 9.57 Å². The Morgan fingerprint density at radius 1 is 1.00 bits per heavy atom. The van der Waals surface area contributed by atoms with Crippen molar-refractivity contribution < 1.29 is 24.0 Å². The molecule has 0 N–H and O–H groups in total. The summed E-state index contributed by atoms with van der Waals surface area (Å²) in [4.78, 5) is 41.5. The Labute approximate surface area is 144 Å². The predicted octanol–water partition coefficient (Wildman–Crippen LogP) is 2.77. The maximum Gasteiger partial charge on any atom is 0.337 e. The Balaban J connectivity index is 1.68. The molecule has 2 aromatic carbocycles. The van der Waals surface area contributed by atoms with Crippen LogP contribution in [0.3, 0.4) is 0 Å². The van der Waals surface area contributed by atoms with Crippen LogP contribution in [0, 0.1) is 0 Å². The van der Waals surface area contributed by atoms with Gasteiger partial charge in [0.05, 0.1) is 23.7 Å². The van der Waals surface area contributed by atoms with Crippen molar-refractivity contribution >= 4 is 17.8 Å². The van der Waals surface area contributed by atoms with Gasteiger partial charge in [-0.15, -0.1) is 0 Å². The van der Waals surface area contributed by atoms with Crippen molar-refractivity contribution in [1.82, 2.24) is 5.06 Å². The monoisotopic (exact) mass is 339 g/mol. The van der Waals surface area contributed by atoms with E-state index in [1.165, 1.54) is 12.1 Å². The van der Waals surface area contributed by atoms with Gasteiger partial charge in [-0.3, -0.25) is 9.59 Å². The van der Waals surface area contributed by atoms with Gasteiger partial charge in [-0.1, -0.05) is 29.3 Å². The van der Waals surface area contributed by atoms with E-state index in [2.05, 4.69) is 0 Å². The summed E-state index contributed by atoms with van der Waals surface area (Å²) in [6.45, 7) is 3.81. The number of ether oxygens (including phenoxy) is 1. The molecule has 0 saturated heterocycles. The summed E-state index contributed by atoms with van der Waals surface area (Å²) in [6, 6.07) is 13.4. The molecule has 0 saturated carbocycles. The minimum atomic E-state index is -0.698. The smallest absolute Gasteiger partial charge is 0.337 e. The van der Waals surface area contributed by atoms with Crippen LogP contribution in [0.4, 0.5) is 0 Å².